The van der Waals surface area contributed by atoms with Crippen molar-refractivity contribution in [3.05, 3.63) is 0 Å². The number of rotatable bonds is 28. The van der Waals surface area contributed by atoms with Crippen LogP contribution in [0.5, 0.6) is 0 Å². The zero-order chi connectivity index (χ0) is 28.3. The molecule has 1 unspecified atom stereocenters. The predicted octanol–water partition coefficient (Wildman–Crippen LogP) is 8.19. The third kappa shape index (κ3) is 28.3. The zero-order valence-corrected chi connectivity index (χ0v) is 30.5. The van der Waals surface area contributed by atoms with Crippen LogP contribution in [0.15, 0.2) is 0 Å². The van der Waals surface area contributed by atoms with E-state index in [0.29, 0.717) is 12.8 Å². The number of carbonyl (C=O) groups excluding carboxylic acids is 2. The number of unbranched alkanes of at least 4 members (excludes halogenated alkanes) is 20. The number of carbonyl (C=O) groups is 2. The molecule has 0 aromatic carbocycles. The summed E-state index contributed by atoms with van der Waals surface area (Å²) in [6.07, 6.45) is 24.8. The molecule has 0 spiro atoms. The van der Waals surface area contributed by atoms with Crippen molar-refractivity contribution < 1.29 is 34.9 Å². The molecule has 7 nitrogen and oxygen atoms in total. The molecule has 0 amide bonds. The molecule has 1 N–H and O–H groups in total. The van der Waals surface area contributed by atoms with Crippen molar-refractivity contribution in [2.45, 2.75) is 167 Å². The molecule has 0 rings (SSSR count). The van der Waals surface area contributed by atoms with E-state index in [0.717, 1.165) is 38.5 Å². The summed E-state index contributed by atoms with van der Waals surface area (Å²) in [5.41, 5.74) is 0. The topological polar surface area (TPSA) is 107 Å². The molecule has 0 heterocycles. The van der Waals surface area contributed by atoms with Gasteiger partial charge in [0.25, 0.3) is 10.1 Å². The van der Waals surface area contributed by atoms with Crippen LogP contribution in [-0.2, 0) is 29.2 Å². The smallest absolute Gasteiger partial charge is 1.00 e. The van der Waals surface area contributed by atoms with E-state index in [-0.39, 0.29) is 64.9 Å². The van der Waals surface area contributed by atoms with E-state index in [2.05, 4.69) is 13.8 Å². The third-order valence-corrected chi connectivity index (χ3v) is 8.06. The van der Waals surface area contributed by atoms with E-state index in [9.17, 15) is 22.6 Å². The minimum absolute atomic E-state index is 0. The summed E-state index contributed by atoms with van der Waals surface area (Å²) in [6, 6.07) is 0. The molecule has 0 radical (unpaired) electrons. The quantitative estimate of drug-likeness (QED) is 0.0380. The first-order chi connectivity index (χ1) is 18.3. The molecule has 0 saturated heterocycles. The second-order valence-corrected chi connectivity index (χ2v) is 12.3. The Kier molecular flexibility index (Phi) is 31.9. The average molecular weight is 702 g/mol. The molecule has 0 aromatic heterocycles. The average Bonchev–Trinajstić information content (AvgIpc) is 2.87. The van der Waals surface area contributed by atoms with Gasteiger partial charge in [-0.1, -0.05) is 142 Å². The first kappa shape index (κ1) is 41.6. The molecule has 0 fully saturated rings. The normalized spacial score (nSPS) is 12.1. The summed E-state index contributed by atoms with van der Waals surface area (Å²) in [4.78, 5) is 24.3. The first-order valence-electron chi connectivity index (χ1n) is 15.6. The van der Waals surface area contributed by atoms with E-state index in [1.165, 1.54) is 89.9 Å². The summed E-state index contributed by atoms with van der Waals surface area (Å²) in [5.74, 6) is -1.91. The summed E-state index contributed by atoms with van der Waals surface area (Å²) < 4.78 is 42.9. The molecule has 0 aliphatic carbocycles. The summed E-state index contributed by atoms with van der Waals surface area (Å²) in [6.45, 7) is 4.70. The van der Waals surface area contributed by atoms with E-state index < -0.39 is 33.7 Å². The van der Waals surface area contributed by atoms with E-state index in [1.807, 2.05) is 0 Å². The van der Waals surface area contributed by atoms with Gasteiger partial charge in [-0.15, -0.1) is 0 Å². The summed E-state index contributed by atoms with van der Waals surface area (Å²) >= 11 is 0. The van der Waals surface area contributed by atoms with Gasteiger partial charge in [-0.3, -0.25) is 14.1 Å². The van der Waals surface area contributed by atoms with Crippen LogP contribution in [0.3, 0.4) is 0 Å². The molecule has 0 aliphatic heterocycles. The third-order valence-electron chi connectivity index (χ3n) is 6.98. The van der Waals surface area contributed by atoms with Crippen LogP contribution in [0, 0.1) is 0 Å². The first-order valence-corrected chi connectivity index (χ1v) is 17.1. The maximum Gasteiger partial charge on any atom is 2.00 e. The fourth-order valence-corrected chi connectivity index (χ4v) is 5.16. The largest absolute Gasteiger partial charge is 2.00 e. The fraction of sp³-hybridized carbons (Fsp3) is 0.933. The number of ether oxygens (including phenoxy) is 2. The van der Waals surface area contributed by atoms with Gasteiger partial charge in [-0.05, 0) is 12.8 Å². The van der Waals surface area contributed by atoms with Crippen molar-refractivity contribution in [2.75, 3.05) is 13.2 Å². The SMILES string of the molecule is CCCCCCCCCCCCCOC(=O)CC(C(=O)OCCCCCCCCCCCCC)S(=O)(=O)O.[Ba+2].[H-].[H-]. The summed E-state index contributed by atoms with van der Waals surface area (Å²) in [7, 11) is -4.76. The van der Waals surface area contributed by atoms with Gasteiger partial charge in [0.15, 0.2) is 5.25 Å². The molecule has 0 saturated carbocycles. The molecule has 9 heteroatoms. The fourth-order valence-electron chi connectivity index (χ4n) is 4.50. The summed E-state index contributed by atoms with van der Waals surface area (Å²) in [5, 5.41) is -1.93. The monoisotopic (exact) mass is 702 g/mol. The molecule has 1 atom stereocenters. The van der Waals surface area contributed by atoms with Gasteiger partial charge in [0.1, 0.15) is 0 Å². The van der Waals surface area contributed by atoms with Crippen LogP contribution >= 0.6 is 0 Å². The molecular weight excluding hydrogens is 642 g/mol. The molecule has 0 aliphatic rings. The Hall–Kier alpha value is 0.421. The van der Waals surface area contributed by atoms with Crippen molar-refractivity contribution in [3.8, 4) is 0 Å². The Morgan fingerprint density at radius 3 is 1.23 bits per heavy atom. The Bertz CT molecular complexity index is 682. The maximum absolute atomic E-state index is 12.2. The van der Waals surface area contributed by atoms with E-state index in [1.54, 1.807) is 0 Å². The van der Waals surface area contributed by atoms with Gasteiger partial charge < -0.3 is 12.3 Å². The van der Waals surface area contributed by atoms with E-state index in [4.69, 9.17) is 9.47 Å². The van der Waals surface area contributed by atoms with Crippen LogP contribution in [0.2, 0.25) is 0 Å². The van der Waals surface area contributed by atoms with Gasteiger partial charge in [-0.25, -0.2) is 0 Å². The maximum atomic E-state index is 12.2. The van der Waals surface area contributed by atoms with Gasteiger partial charge in [0, 0.05) is 0 Å². The van der Waals surface area contributed by atoms with E-state index >= 15 is 0 Å². The van der Waals surface area contributed by atoms with Gasteiger partial charge >= 0.3 is 60.8 Å². The molecule has 230 valence electrons. The van der Waals surface area contributed by atoms with Crippen molar-refractivity contribution in [2.24, 2.45) is 0 Å². The number of esters is 2. The Morgan fingerprint density at radius 2 is 0.897 bits per heavy atom. The van der Waals surface area contributed by atoms with Gasteiger partial charge in [0.2, 0.25) is 0 Å². The Morgan fingerprint density at radius 1 is 0.590 bits per heavy atom. The zero-order valence-electron chi connectivity index (χ0n) is 27.3. The second kappa shape index (κ2) is 29.9. The van der Waals surface area contributed by atoms with Crippen molar-refractivity contribution >= 4 is 70.9 Å². The van der Waals surface area contributed by atoms with Crippen molar-refractivity contribution in [3.63, 3.8) is 0 Å². The molecule has 0 aromatic rings. The van der Waals surface area contributed by atoms with Crippen LogP contribution in [0.1, 0.15) is 164 Å². The van der Waals surface area contributed by atoms with Crippen molar-refractivity contribution in [1.29, 1.82) is 0 Å². The van der Waals surface area contributed by atoms with Crippen molar-refractivity contribution in [1.82, 2.24) is 0 Å². The van der Waals surface area contributed by atoms with Gasteiger partial charge in [0.05, 0.1) is 19.6 Å². The van der Waals surface area contributed by atoms with Crippen LogP contribution in [0.4, 0.5) is 0 Å². The minimum Gasteiger partial charge on any atom is -1.00 e. The van der Waals surface area contributed by atoms with Crippen LogP contribution in [0.25, 0.3) is 0 Å². The molecular formula is C30H60BaO7S. The number of hydrogen-bond donors (Lipinski definition) is 1. The second-order valence-electron chi connectivity index (χ2n) is 10.7. The standard InChI is InChI=1S/C30H58O7S.Ba.2H/c1-3-5-7-9-11-13-15-17-19-21-23-25-36-29(31)27-28(38(33,34)35)30(32)37-26-24-22-20-18-16-14-12-10-8-6-4-2;;;/h28H,3-27H2,1-2H3,(H,33,34,35);;;/q;+2;2*-1. The Balaban J connectivity index is -0.00000228. The van der Waals surface area contributed by atoms with Crippen LogP contribution in [-0.4, -0.2) is 92.3 Å². The van der Waals surface area contributed by atoms with Crippen LogP contribution < -0.4 is 0 Å². The molecule has 39 heavy (non-hydrogen) atoms. The predicted molar refractivity (Wildman–Crippen MR) is 163 cm³/mol. The Labute approximate surface area is 283 Å². The number of hydrogen-bond acceptors (Lipinski definition) is 6. The molecule has 0 bridgehead atoms. The van der Waals surface area contributed by atoms with Gasteiger partial charge in [-0.2, -0.15) is 8.42 Å². The minimum atomic E-state index is -4.76.